The summed E-state index contributed by atoms with van der Waals surface area (Å²) in [7, 11) is -3.72. The van der Waals surface area contributed by atoms with Crippen molar-refractivity contribution in [3.8, 4) is 5.69 Å². The molecule has 0 bridgehead atoms. The Balaban J connectivity index is 2.02. The third-order valence-electron chi connectivity index (χ3n) is 4.13. The van der Waals surface area contributed by atoms with Crippen molar-refractivity contribution in [1.82, 2.24) is 13.9 Å². The Hall–Kier alpha value is -2.26. The topological polar surface area (TPSA) is 98.3 Å². The maximum absolute atomic E-state index is 12.8. The molecule has 2 heterocycles. The second-order valence-corrected chi connectivity index (χ2v) is 7.63. The van der Waals surface area contributed by atoms with Gasteiger partial charge in [0.25, 0.3) is 5.69 Å². The molecule has 0 N–H and O–H groups in total. The molecule has 8 nitrogen and oxygen atoms in total. The number of nitrogens with zero attached hydrogens (tertiary/aromatic N) is 4. The van der Waals surface area contributed by atoms with E-state index in [1.165, 1.54) is 33.5 Å². The van der Waals surface area contributed by atoms with Gasteiger partial charge in [0.05, 0.1) is 16.1 Å². The summed E-state index contributed by atoms with van der Waals surface area (Å²) in [5.41, 5.74) is 0.0243. The zero-order valence-corrected chi connectivity index (χ0v) is 13.9. The van der Waals surface area contributed by atoms with Gasteiger partial charge in [-0.1, -0.05) is 12.8 Å². The van der Waals surface area contributed by atoms with Gasteiger partial charge in [-0.15, -0.1) is 0 Å². The number of imidazole rings is 1. The van der Waals surface area contributed by atoms with Gasteiger partial charge in [-0.2, -0.15) is 4.31 Å². The first-order valence-corrected chi connectivity index (χ1v) is 9.21. The van der Waals surface area contributed by atoms with Gasteiger partial charge in [-0.3, -0.25) is 10.1 Å². The van der Waals surface area contributed by atoms with Crippen molar-refractivity contribution in [2.75, 3.05) is 13.1 Å². The SMILES string of the molecule is O=[N+]([O-])c1cc(S(=O)(=O)N2CCCCCC2)ccc1-n1ccnc1. The largest absolute Gasteiger partial charge is 0.300 e. The summed E-state index contributed by atoms with van der Waals surface area (Å²) in [6.45, 7) is 0.915. The third kappa shape index (κ3) is 3.17. The van der Waals surface area contributed by atoms with Crippen LogP contribution >= 0.6 is 0 Å². The highest BCUT2D eigenvalue weighted by molar-refractivity contribution is 7.89. The molecule has 0 radical (unpaired) electrons. The molecule has 1 aromatic carbocycles. The molecule has 2 aromatic rings. The minimum atomic E-state index is -3.72. The molecule has 0 unspecified atom stereocenters. The molecule has 128 valence electrons. The standard InChI is InChI=1S/C15H18N4O4S/c20-19(21)15-11-13(5-6-14(15)17-10-7-16-12-17)24(22,23)18-8-3-1-2-4-9-18/h5-7,10-12H,1-4,8-9H2. The summed E-state index contributed by atoms with van der Waals surface area (Å²) in [6, 6.07) is 4.00. The van der Waals surface area contributed by atoms with Gasteiger partial charge in [0.2, 0.25) is 10.0 Å². The molecule has 1 saturated heterocycles. The molecule has 0 atom stereocenters. The fourth-order valence-corrected chi connectivity index (χ4v) is 4.40. The number of nitro groups is 1. The van der Waals surface area contributed by atoms with Crippen molar-refractivity contribution in [3.63, 3.8) is 0 Å². The molecular weight excluding hydrogens is 332 g/mol. The minimum Gasteiger partial charge on any atom is -0.300 e. The summed E-state index contributed by atoms with van der Waals surface area (Å²) in [5, 5.41) is 11.4. The predicted octanol–water partition coefficient (Wildman–Crippen LogP) is 2.35. The second-order valence-electron chi connectivity index (χ2n) is 5.70. The lowest BCUT2D eigenvalue weighted by atomic mass is 10.2. The Bertz CT molecular complexity index is 825. The Kier molecular flexibility index (Phi) is 4.63. The van der Waals surface area contributed by atoms with E-state index in [0.717, 1.165) is 31.7 Å². The van der Waals surface area contributed by atoms with Crippen LogP contribution in [-0.2, 0) is 10.0 Å². The number of rotatable bonds is 4. The molecule has 3 rings (SSSR count). The maximum Gasteiger partial charge on any atom is 0.294 e. The van der Waals surface area contributed by atoms with Crippen LogP contribution < -0.4 is 0 Å². The molecule has 0 aliphatic carbocycles. The number of hydrogen-bond acceptors (Lipinski definition) is 5. The fraction of sp³-hybridized carbons (Fsp3) is 0.400. The first-order chi connectivity index (χ1) is 11.5. The Morgan fingerprint density at radius 3 is 2.42 bits per heavy atom. The van der Waals surface area contributed by atoms with Gasteiger partial charge >= 0.3 is 0 Å². The van der Waals surface area contributed by atoms with E-state index in [1.54, 1.807) is 6.20 Å². The molecule has 0 spiro atoms. The van der Waals surface area contributed by atoms with E-state index in [4.69, 9.17) is 0 Å². The molecule has 0 saturated carbocycles. The summed E-state index contributed by atoms with van der Waals surface area (Å²) >= 11 is 0. The zero-order valence-electron chi connectivity index (χ0n) is 13.0. The van der Waals surface area contributed by atoms with Crippen molar-refractivity contribution in [1.29, 1.82) is 0 Å². The minimum absolute atomic E-state index is 0.0417. The first-order valence-electron chi connectivity index (χ1n) is 7.77. The number of aromatic nitrogens is 2. The summed E-state index contributed by atoms with van der Waals surface area (Å²) in [6.07, 6.45) is 8.16. The highest BCUT2D eigenvalue weighted by Crippen LogP contribution is 2.28. The molecule has 0 amide bonds. The smallest absolute Gasteiger partial charge is 0.294 e. The maximum atomic E-state index is 12.8. The zero-order chi connectivity index (χ0) is 17.2. The lowest BCUT2D eigenvalue weighted by Crippen LogP contribution is -2.32. The fourth-order valence-electron chi connectivity index (χ4n) is 2.86. The molecule has 9 heteroatoms. The Morgan fingerprint density at radius 1 is 1.12 bits per heavy atom. The van der Waals surface area contributed by atoms with Gasteiger partial charge in [-0.25, -0.2) is 13.4 Å². The van der Waals surface area contributed by atoms with Crippen LogP contribution in [-0.4, -0.2) is 40.3 Å². The van der Waals surface area contributed by atoms with Crippen LogP contribution in [0.15, 0.2) is 41.8 Å². The highest BCUT2D eigenvalue weighted by Gasteiger charge is 2.28. The van der Waals surface area contributed by atoms with E-state index in [0.29, 0.717) is 13.1 Å². The van der Waals surface area contributed by atoms with Crippen molar-refractivity contribution in [2.24, 2.45) is 0 Å². The summed E-state index contributed by atoms with van der Waals surface area (Å²) in [5.74, 6) is 0. The lowest BCUT2D eigenvalue weighted by molar-refractivity contribution is -0.384. The van der Waals surface area contributed by atoms with E-state index >= 15 is 0 Å². The summed E-state index contributed by atoms with van der Waals surface area (Å²) < 4.78 is 28.5. The lowest BCUT2D eigenvalue weighted by Gasteiger charge is -2.20. The van der Waals surface area contributed by atoms with Gasteiger partial charge < -0.3 is 4.57 Å². The van der Waals surface area contributed by atoms with E-state index in [-0.39, 0.29) is 16.3 Å². The van der Waals surface area contributed by atoms with Crippen LogP contribution in [0.2, 0.25) is 0 Å². The van der Waals surface area contributed by atoms with E-state index in [2.05, 4.69) is 4.98 Å². The molecule has 24 heavy (non-hydrogen) atoms. The van der Waals surface area contributed by atoms with Crippen LogP contribution in [0, 0.1) is 10.1 Å². The predicted molar refractivity (Wildman–Crippen MR) is 87.4 cm³/mol. The highest BCUT2D eigenvalue weighted by atomic mass is 32.2. The van der Waals surface area contributed by atoms with Crippen LogP contribution in [0.3, 0.4) is 0 Å². The van der Waals surface area contributed by atoms with Crippen LogP contribution in [0.4, 0.5) is 5.69 Å². The normalized spacial score (nSPS) is 16.7. The third-order valence-corrected chi connectivity index (χ3v) is 6.02. The van der Waals surface area contributed by atoms with Gasteiger partial charge in [0.15, 0.2) is 0 Å². The monoisotopic (exact) mass is 350 g/mol. The van der Waals surface area contributed by atoms with Crippen molar-refractivity contribution >= 4 is 15.7 Å². The van der Waals surface area contributed by atoms with Gasteiger partial charge in [0.1, 0.15) is 5.69 Å². The number of nitro benzene ring substituents is 1. The van der Waals surface area contributed by atoms with Crippen LogP contribution in [0.25, 0.3) is 5.69 Å². The molecule has 1 aromatic heterocycles. The molecular formula is C15H18N4O4S. The van der Waals surface area contributed by atoms with Crippen LogP contribution in [0.5, 0.6) is 0 Å². The quantitative estimate of drug-likeness (QED) is 0.622. The number of benzene rings is 1. The van der Waals surface area contributed by atoms with Crippen molar-refractivity contribution in [3.05, 3.63) is 47.0 Å². The van der Waals surface area contributed by atoms with Gasteiger partial charge in [0, 0.05) is 31.5 Å². The van der Waals surface area contributed by atoms with E-state index in [1.807, 2.05) is 0 Å². The molecule has 1 fully saturated rings. The Labute approximate surface area is 139 Å². The first kappa shape index (κ1) is 16.6. The van der Waals surface area contributed by atoms with E-state index < -0.39 is 14.9 Å². The molecule has 1 aliphatic heterocycles. The average molecular weight is 350 g/mol. The van der Waals surface area contributed by atoms with E-state index in [9.17, 15) is 18.5 Å². The Morgan fingerprint density at radius 2 is 1.83 bits per heavy atom. The average Bonchev–Trinajstić information content (AvgIpc) is 2.95. The van der Waals surface area contributed by atoms with Crippen molar-refractivity contribution < 1.29 is 13.3 Å². The van der Waals surface area contributed by atoms with Crippen molar-refractivity contribution in [2.45, 2.75) is 30.6 Å². The van der Waals surface area contributed by atoms with Gasteiger partial charge in [-0.05, 0) is 25.0 Å². The number of sulfonamides is 1. The summed E-state index contributed by atoms with van der Waals surface area (Å²) in [4.78, 5) is 14.6. The van der Waals surface area contributed by atoms with Crippen LogP contribution in [0.1, 0.15) is 25.7 Å². The second kappa shape index (κ2) is 6.70. The number of hydrogen-bond donors (Lipinski definition) is 0. The molecule has 1 aliphatic rings.